The van der Waals surface area contributed by atoms with Crippen molar-refractivity contribution in [3.8, 4) is 0 Å². The average Bonchev–Trinajstić information content (AvgIpc) is 2.26. The number of carbonyl (C=O) groups excluding carboxylic acids is 1. The van der Waals surface area contributed by atoms with E-state index < -0.39 is 0 Å². The number of hydrogen-bond acceptors (Lipinski definition) is 2. The maximum absolute atomic E-state index is 11.5. The van der Waals surface area contributed by atoms with Gasteiger partial charge in [-0.25, -0.2) is 0 Å². The van der Waals surface area contributed by atoms with Crippen molar-refractivity contribution in [2.24, 2.45) is 0 Å². The van der Waals surface area contributed by atoms with Gasteiger partial charge in [-0.2, -0.15) is 0 Å². The molecule has 0 N–H and O–H groups in total. The van der Waals surface area contributed by atoms with Crippen LogP contribution in [0.5, 0.6) is 0 Å². The quantitative estimate of drug-likeness (QED) is 0.640. The van der Waals surface area contributed by atoms with E-state index in [1.54, 1.807) is 12.4 Å². The van der Waals surface area contributed by atoms with Crippen molar-refractivity contribution >= 4 is 5.78 Å². The first kappa shape index (κ1) is 11.9. The lowest BCUT2D eigenvalue weighted by Gasteiger charge is -2.00. The number of unbranched alkanes of at least 4 members (excludes halogenated alkanes) is 3. The van der Waals surface area contributed by atoms with Crippen LogP contribution in [0.2, 0.25) is 0 Å². The van der Waals surface area contributed by atoms with E-state index in [9.17, 15) is 4.79 Å². The highest BCUT2D eigenvalue weighted by molar-refractivity contribution is 5.80. The second-order valence-corrected chi connectivity index (χ2v) is 3.89. The Morgan fingerprint density at radius 3 is 2.87 bits per heavy atom. The molecule has 0 aromatic carbocycles. The number of ketones is 1. The Hall–Kier alpha value is -1.18. The molecule has 0 spiro atoms. The highest BCUT2D eigenvalue weighted by atomic mass is 16.1. The Morgan fingerprint density at radius 1 is 1.33 bits per heavy atom. The zero-order valence-corrected chi connectivity index (χ0v) is 9.41. The Labute approximate surface area is 91.7 Å². The number of hydrogen-bond donors (Lipinski definition) is 0. The predicted molar refractivity (Wildman–Crippen MR) is 61.7 cm³/mol. The maximum Gasteiger partial charge on any atom is 0.137 e. The molecule has 0 radical (unpaired) electrons. The van der Waals surface area contributed by atoms with E-state index in [0.717, 1.165) is 18.4 Å². The van der Waals surface area contributed by atoms with Crippen LogP contribution in [0.25, 0.3) is 0 Å². The van der Waals surface area contributed by atoms with Gasteiger partial charge in [-0.1, -0.05) is 32.3 Å². The first-order valence-electron chi connectivity index (χ1n) is 5.73. The van der Waals surface area contributed by atoms with E-state index in [2.05, 4.69) is 11.9 Å². The lowest BCUT2D eigenvalue weighted by molar-refractivity contribution is -0.118. The van der Waals surface area contributed by atoms with Gasteiger partial charge in [0.25, 0.3) is 0 Å². The summed E-state index contributed by atoms with van der Waals surface area (Å²) in [5.74, 6) is 0.333. The number of rotatable bonds is 7. The highest BCUT2D eigenvalue weighted by Gasteiger charge is 2.02. The monoisotopic (exact) mass is 205 g/mol. The van der Waals surface area contributed by atoms with Gasteiger partial charge in [-0.15, -0.1) is 0 Å². The third-order valence-electron chi connectivity index (χ3n) is 2.43. The molecule has 0 aliphatic carbocycles. The smallest absolute Gasteiger partial charge is 0.137 e. The minimum absolute atomic E-state index is 0.333. The molecule has 0 saturated carbocycles. The summed E-state index contributed by atoms with van der Waals surface area (Å²) in [7, 11) is 0. The standard InChI is InChI=1S/C13H19NO/c1-2-3-4-5-8-13(15)10-12-7-6-9-14-11-12/h6-7,9,11H,2-5,8,10H2,1H3. The first-order chi connectivity index (χ1) is 7.33. The minimum Gasteiger partial charge on any atom is -0.299 e. The Bertz CT molecular complexity index is 282. The molecule has 1 heterocycles. The number of pyridine rings is 1. The van der Waals surface area contributed by atoms with Crippen LogP contribution in [0.15, 0.2) is 24.5 Å². The third-order valence-corrected chi connectivity index (χ3v) is 2.43. The van der Waals surface area contributed by atoms with Gasteiger partial charge in [0.1, 0.15) is 5.78 Å². The molecule has 15 heavy (non-hydrogen) atoms. The molecule has 0 unspecified atom stereocenters. The SMILES string of the molecule is CCCCCCC(=O)Cc1cccnc1. The highest BCUT2D eigenvalue weighted by Crippen LogP contribution is 2.06. The van der Waals surface area contributed by atoms with Crippen LogP contribution < -0.4 is 0 Å². The Morgan fingerprint density at radius 2 is 2.20 bits per heavy atom. The molecule has 0 aliphatic heterocycles. The fraction of sp³-hybridized carbons (Fsp3) is 0.538. The van der Waals surface area contributed by atoms with Crippen molar-refractivity contribution in [3.05, 3.63) is 30.1 Å². The minimum atomic E-state index is 0.333. The molecule has 2 heteroatoms. The summed E-state index contributed by atoms with van der Waals surface area (Å²) < 4.78 is 0. The molecule has 0 atom stereocenters. The second kappa shape index (κ2) is 7.16. The van der Waals surface area contributed by atoms with Crippen molar-refractivity contribution in [3.63, 3.8) is 0 Å². The van der Waals surface area contributed by atoms with Gasteiger partial charge >= 0.3 is 0 Å². The maximum atomic E-state index is 11.5. The van der Waals surface area contributed by atoms with Gasteiger partial charge in [0.05, 0.1) is 0 Å². The van der Waals surface area contributed by atoms with Crippen molar-refractivity contribution in [1.82, 2.24) is 4.98 Å². The Kier molecular flexibility index (Phi) is 5.67. The predicted octanol–water partition coefficient (Wildman–Crippen LogP) is 3.16. The molecule has 0 fully saturated rings. The molecule has 1 rings (SSSR count). The van der Waals surface area contributed by atoms with Gasteiger partial charge in [-0.05, 0) is 18.1 Å². The van der Waals surface area contributed by atoms with Crippen LogP contribution in [-0.2, 0) is 11.2 Å². The average molecular weight is 205 g/mol. The summed E-state index contributed by atoms with van der Waals surface area (Å²) in [6.07, 6.45) is 9.42. The molecular formula is C13H19NO. The van der Waals surface area contributed by atoms with Gasteiger partial charge in [-0.3, -0.25) is 9.78 Å². The second-order valence-electron chi connectivity index (χ2n) is 3.89. The van der Waals surface area contributed by atoms with Crippen LogP contribution >= 0.6 is 0 Å². The van der Waals surface area contributed by atoms with E-state index in [-0.39, 0.29) is 0 Å². The zero-order valence-electron chi connectivity index (χ0n) is 9.41. The van der Waals surface area contributed by atoms with Crippen LogP contribution in [0.4, 0.5) is 0 Å². The van der Waals surface area contributed by atoms with E-state index >= 15 is 0 Å². The van der Waals surface area contributed by atoms with Crippen molar-refractivity contribution in [1.29, 1.82) is 0 Å². The molecular weight excluding hydrogens is 186 g/mol. The fourth-order valence-corrected chi connectivity index (χ4v) is 1.57. The molecule has 0 bridgehead atoms. The molecule has 0 amide bonds. The van der Waals surface area contributed by atoms with Gasteiger partial charge in [0, 0.05) is 25.2 Å². The lowest BCUT2D eigenvalue weighted by Crippen LogP contribution is -2.02. The first-order valence-corrected chi connectivity index (χ1v) is 5.73. The van der Waals surface area contributed by atoms with E-state index in [0.29, 0.717) is 12.2 Å². The molecule has 0 saturated heterocycles. The summed E-state index contributed by atoms with van der Waals surface area (Å²) in [6.45, 7) is 2.18. The summed E-state index contributed by atoms with van der Waals surface area (Å²) in [5.41, 5.74) is 1.03. The number of nitrogens with zero attached hydrogens (tertiary/aromatic N) is 1. The van der Waals surface area contributed by atoms with Crippen LogP contribution in [0.3, 0.4) is 0 Å². The summed E-state index contributed by atoms with van der Waals surface area (Å²) in [4.78, 5) is 15.5. The third kappa shape index (κ3) is 5.31. The van der Waals surface area contributed by atoms with Crippen LogP contribution in [0.1, 0.15) is 44.6 Å². The van der Waals surface area contributed by atoms with E-state index in [1.807, 2.05) is 12.1 Å². The van der Waals surface area contributed by atoms with Crippen LogP contribution in [0, 0.1) is 0 Å². The fourth-order valence-electron chi connectivity index (χ4n) is 1.57. The molecule has 1 aromatic rings. The zero-order chi connectivity index (χ0) is 10.9. The normalized spacial score (nSPS) is 10.2. The molecule has 82 valence electrons. The van der Waals surface area contributed by atoms with Gasteiger partial charge < -0.3 is 0 Å². The lowest BCUT2D eigenvalue weighted by atomic mass is 10.1. The van der Waals surface area contributed by atoms with Crippen molar-refractivity contribution < 1.29 is 4.79 Å². The summed E-state index contributed by atoms with van der Waals surface area (Å²) >= 11 is 0. The number of Topliss-reactive ketones (excluding diaryl/α,β-unsaturated/α-hetero) is 1. The number of carbonyl (C=O) groups is 1. The van der Waals surface area contributed by atoms with E-state index in [1.165, 1.54) is 19.3 Å². The molecule has 1 aromatic heterocycles. The molecule has 0 aliphatic rings. The number of aromatic nitrogens is 1. The van der Waals surface area contributed by atoms with Gasteiger partial charge in [0.15, 0.2) is 0 Å². The van der Waals surface area contributed by atoms with Crippen molar-refractivity contribution in [2.75, 3.05) is 0 Å². The topological polar surface area (TPSA) is 30.0 Å². The van der Waals surface area contributed by atoms with E-state index in [4.69, 9.17) is 0 Å². The largest absolute Gasteiger partial charge is 0.299 e. The molecule has 2 nitrogen and oxygen atoms in total. The van der Waals surface area contributed by atoms with Gasteiger partial charge in [0.2, 0.25) is 0 Å². The summed E-state index contributed by atoms with van der Waals surface area (Å²) in [6, 6.07) is 3.83. The Balaban J connectivity index is 2.19. The summed E-state index contributed by atoms with van der Waals surface area (Å²) in [5, 5.41) is 0. The van der Waals surface area contributed by atoms with Crippen molar-refractivity contribution in [2.45, 2.75) is 45.4 Å². The van der Waals surface area contributed by atoms with Crippen LogP contribution in [-0.4, -0.2) is 10.8 Å².